The van der Waals surface area contributed by atoms with Gasteiger partial charge in [0.25, 0.3) is 15.2 Å². The summed E-state index contributed by atoms with van der Waals surface area (Å²) in [6.07, 6.45) is 5.94. The average Bonchev–Trinajstić information content (AvgIpc) is 3.29. The number of hydrogen-bond donors (Lipinski definition) is 2. The highest BCUT2D eigenvalue weighted by Crippen LogP contribution is 2.29. The van der Waals surface area contributed by atoms with Gasteiger partial charge >= 0.3 is 0 Å². The molecule has 0 unspecified atom stereocenters. The molecule has 0 atom stereocenters. The topological polar surface area (TPSA) is 149 Å². The predicted octanol–water partition coefficient (Wildman–Crippen LogP) is 2.21. The van der Waals surface area contributed by atoms with Gasteiger partial charge in [0.2, 0.25) is 0 Å². The first-order chi connectivity index (χ1) is 15.9. The highest BCUT2D eigenvalue weighted by Gasteiger charge is 2.18. The fraction of sp³-hybridized carbons (Fsp3) is 0.100. The van der Waals surface area contributed by atoms with Crippen LogP contribution in [0.5, 0.6) is 11.5 Å². The van der Waals surface area contributed by atoms with Gasteiger partial charge in [-0.25, -0.2) is 42.6 Å². The molecule has 13 heteroatoms. The van der Waals surface area contributed by atoms with E-state index in [2.05, 4.69) is 40.1 Å². The second-order valence-electron chi connectivity index (χ2n) is 6.95. The monoisotopic (exact) mass is 463 g/mol. The van der Waals surface area contributed by atoms with Crippen molar-refractivity contribution in [3.63, 3.8) is 0 Å². The van der Waals surface area contributed by atoms with Crippen LogP contribution in [-0.2, 0) is 10.0 Å². The number of fused-ring (bicyclic) bond motifs is 2. The minimum Gasteiger partial charge on any atom is -0.457 e. The molecule has 0 aliphatic heterocycles. The Hall–Kier alpha value is -4.23. The summed E-state index contributed by atoms with van der Waals surface area (Å²) in [5, 5.41) is 6.87. The summed E-state index contributed by atoms with van der Waals surface area (Å²) in [4.78, 5) is 20.5. The molecule has 4 heterocycles. The molecule has 4 aromatic heterocycles. The van der Waals surface area contributed by atoms with Crippen LogP contribution in [0.1, 0.15) is 5.56 Å². The lowest BCUT2D eigenvalue weighted by molar-refractivity contribution is 0.478. The minimum atomic E-state index is -3.81. The molecule has 0 amide bonds. The second kappa shape index (κ2) is 8.03. The van der Waals surface area contributed by atoms with E-state index in [-0.39, 0.29) is 10.7 Å². The van der Waals surface area contributed by atoms with Gasteiger partial charge in [0.05, 0.1) is 6.20 Å². The van der Waals surface area contributed by atoms with Gasteiger partial charge in [0.15, 0.2) is 11.5 Å². The molecule has 0 spiro atoms. The van der Waals surface area contributed by atoms with Crippen molar-refractivity contribution in [1.82, 2.24) is 39.3 Å². The number of rotatable bonds is 6. The van der Waals surface area contributed by atoms with Crippen LogP contribution >= 0.6 is 0 Å². The van der Waals surface area contributed by atoms with Crippen LogP contribution in [0.2, 0.25) is 0 Å². The van der Waals surface area contributed by atoms with Crippen LogP contribution in [0.4, 0.5) is 11.5 Å². The van der Waals surface area contributed by atoms with E-state index in [1.165, 1.54) is 25.9 Å². The van der Waals surface area contributed by atoms with Crippen LogP contribution in [0.25, 0.3) is 16.7 Å². The normalized spacial score (nSPS) is 11.7. The van der Waals surface area contributed by atoms with Gasteiger partial charge in [-0.3, -0.25) is 0 Å². The number of aromatic nitrogens is 7. The highest BCUT2D eigenvalue weighted by atomic mass is 32.2. The number of aryl methyl sites for hydroxylation is 1. The number of hydrogen-bond acceptors (Lipinski definition) is 10. The number of benzene rings is 1. The summed E-state index contributed by atoms with van der Waals surface area (Å²) in [5.74, 6) is 1.65. The minimum absolute atomic E-state index is 0.279. The standard InChI is InChI=1S/C20H17N9O3S/c1-12-7-13(3-4-16(12)32-14-5-6-29-17(8-14)24-11-26-29)27-19-18-15(23-10-25-19)9-22-20(28-18)33(30,31)21-2/h3-11,21H,1-2H3,(H,23,25,27). The Kier molecular flexibility index (Phi) is 5.03. The summed E-state index contributed by atoms with van der Waals surface area (Å²) in [6, 6.07) is 9.11. The molecule has 5 aromatic rings. The van der Waals surface area contributed by atoms with Gasteiger partial charge in [-0.05, 0) is 43.8 Å². The number of nitrogens with zero attached hydrogens (tertiary/aromatic N) is 7. The first kappa shape index (κ1) is 20.7. The molecule has 2 N–H and O–H groups in total. The van der Waals surface area contributed by atoms with E-state index in [4.69, 9.17) is 4.74 Å². The van der Waals surface area contributed by atoms with Gasteiger partial charge in [0.1, 0.15) is 35.2 Å². The third kappa shape index (κ3) is 4.02. The van der Waals surface area contributed by atoms with Crippen molar-refractivity contribution in [3.8, 4) is 11.5 Å². The Morgan fingerprint density at radius 3 is 2.73 bits per heavy atom. The summed E-state index contributed by atoms with van der Waals surface area (Å²) < 4.78 is 34.0. The number of anilines is 2. The fourth-order valence-corrected chi connectivity index (χ4v) is 3.70. The lowest BCUT2D eigenvalue weighted by Gasteiger charge is -2.12. The Morgan fingerprint density at radius 1 is 1.03 bits per heavy atom. The molecule has 5 rings (SSSR count). The second-order valence-corrected chi connectivity index (χ2v) is 8.73. The van der Waals surface area contributed by atoms with Crippen LogP contribution in [0.15, 0.2) is 60.5 Å². The van der Waals surface area contributed by atoms with E-state index >= 15 is 0 Å². The van der Waals surface area contributed by atoms with Crippen molar-refractivity contribution in [1.29, 1.82) is 0 Å². The van der Waals surface area contributed by atoms with Gasteiger partial charge in [0, 0.05) is 18.0 Å². The molecule has 1 aromatic carbocycles. The zero-order valence-corrected chi connectivity index (χ0v) is 18.3. The molecular formula is C20H17N9O3S. The molecule has 0 fully saturated rings. The van der Waals surface area contributed by atoms with Gasteiger partial charge < -0.3 is 10.1 Å². The first-order valence-corrected chi connectivity index (χ1v) is 11.2. The Bertz CT molecular complexity index is 1600. The zero-order chi connectivity index (χ0) is 23.0. The van der Waals surface area contributed by atoms with E-state index < -0.39 is 10.0 Å². The fourth-order valence-electron chi connectivity index (χ4n) is 3.12. The van der Waals surface area contributed by atoms with Crippen LogP contribution in [-0.4, -0.2) is 50.0 Å². The lowest BCUT2D eigenvalue weighted by atomic mass is 10.2. The van der Waals surface area contributed by atoms with Crippen molar-refractivity contribution in [2.75, 3.05) is 12.4 Å². The Morgan fingerprint density at radius 2 is 1.91 bits per heavy atom. The summed E-state index contributed by atoms with van der Waals surface area (Å²) in [7, 11) is -2.52. The average molecular weight is 463 g/mol. The zero-order valence-electron chi connectivity index (χ0n) is 17.5. The molecule has 0 aliphatic rings. The van der Waals surface area contributed by atoms with Crippen molar-refractivity contribution in [3.05, 3.63) is 60.9 Å². The number of ether oxygens (including phenoxy) is 1. The molecule has 166 valence electrons. The third-order valence-corrected chi connectivity index (χ3v) is 6.00. The van der Waals surface area contributed by atoms with Gasteiger partial charge in [-0.2, -0.15) is 5.10 Å². The van der Waals surface area contributed by atoms with Crippen molar-refractivity contribution < 1.29 is 13.2 Å². The smallest absolute Gasteiger partial charge is 0.276 e. The van der Waals surface area contributed by atoms with E-state index in [0.29, 0.717) is 34.2 Å². The maximum Gasteiger partial charge on any atom is 0.276 e. The molecule has 0 saturated heterocycles. The van der Waals surface area contributed by atoms with Gasteiger partial charge in [-0.1, -0.05) is 0 Å². The van der Waals surface area contributed by atoms with E-state index in [1.807, 2.05) is 25.1 Å². The quantitative estimate of drug-likeness (QED) is 0.359. The third-order valence-electron chi connectivity index (χ3n) is 4.78. The van der Waals surface area contributed by atoms with Gasteiger partial charge in [-0.15, -0.1) is 0 Å². The highest BCUT2D eigenvalue weighted by molar-refractivity contribution is 7.89. The van der Waals surface area contributed by atoms with Crippen LogP contribution in [0.3, 0.4) is 0 Å². The predicted molar refractivity (Wildman–Crippen MR) is 119 cm³/mol. The van der Waals surface area contributed by atoms with Crippen LogP contribution < -0.4 is 14.8 Å². The SMILES string of the molecule is CNS(=O)(=O)c1ncc2ncnc(Nc3ccc(Oc4ccn5ncnc5c4)c(C)c3)c2n1. The Balaban J connectivity index is 1.43. The largest absolute Gasteiger partial charge is 0.457 e. The molecule has 0 bridgehead atoms. The van der Waals surface area contributed by atoms with Crippen molar-refractivity contribution >= 4 is 38.2 Å². The van der Waals surface area contributed by atoms with Crippen LogP contribution in [0, 0.1) is 6.92 Å². The summed E-state index contributed by atoms with van der Waals surface area (Å²) in [5.41, 5.74) is 2.95. The van der Waals surface area contributed by atoms with E-state index in [9.17, 15) is 8.42 Å². The molecule has 12 nitrogen and oxygen atoms in total. The molecule has 0 radical (unpaired) electrons. The summed E-state index contributed by atoms with van der Waals surface area (Å²) >= 11 is 0. The Labute approximate surface area is 187 Å². The van der Waals surface area contributed by atoms with E-state index in [0.717, 1.165) is 5.56 Å². The number of nitrogens with one attached hydrogen (secondary N) is 2. The molecule has 0 saturated carbocycles. The number of sulfonamides is 1. The maximum absolute atomic E-state index is 12.1. The number of pyridine rings is 1. The molecule has 0 aliphatic carbocycles. The molecule has 33 heavy (non-hydrogen) atoms. The summed E-state index contributed by atoms with van der Waals surface area (Å²) in [6.45, 7) is 1.91. The van der Waals surface area contributed by atoms with E-state index in [1.54, 1.807) is 22.8 Å². The lowest BCUT2D eigenvalue weighted by Crippen LogP contribution is -2.21. The first-order valence-electron chi connectivity index (χ1n) is 9.69. The molecular weight excluding hydrogens is 446 g/mol. The van der Waals surface area contributed by atoms with Crippen molar-refractivity contribution in [2.45, 2.75) is 12.1 Å². The maximum atomic E-state index is 12.1. The van der Waals surface area contributed by atoms with Crippen molar-refractivity contribution in [2.24, 2.45) is 0 Å².